The fraction of sp³-hybridized carbons (Fsp3) is 0.438. The monoisotopic (exact) mass is 307 g/mol. The first kappa shape index (κ1) is 15.9. The van der Waals surface area contributed by atoms with Gasteiger partial charge in [0.15, 0.2) is 0 Å². The van der Waals surface area contributed by atoms with Gasteiger partial charge in [-0.15, -0.1) is 11.3 Å². The third kappa shape index (κ3) is 4.25. The number of halogens is 1. The van der Waals surface area contributed by atoms with Gasteiger partial charge >= 0.3 is 0 Å². The molecule has 0 fully saturated rings. The van der Waals surface area contributed by atoms with Gasteiger partial charge in [-0.25, -0.2) is 9.37 Å². The molecule has 2 N–H and O–H groups in total. The van der Waals surface area contributed by atoms with Crippen LogP contribution in [-0.2, 0) is 13.0 Å². The Balaban J connectivity index is 2.20. The van der Waals surface area contributed by atoms with Crippen molar-refractivity contribution in [2.24, 2.45) is 5.73 Å². The summed E-state index contributed by atoms with van der Waals surface area (Å²) in [4.78, 5) is 6.58. The lowest BCUT2D eigenvalue weighted by atomic mass is 10.0. The number of thiazole rings is 1. The third-order valence-electron chi connectivity index (χ3n) is 3.53. The molecule has 0 bridgehead atoms. The van der Waals surface area contributed by atoms with Crippen LogP contribution < -0.4 is 10.6 Å². The number of nitrogens with zero attached hydrogens (tertiary/aromatic N) is 2. The van der Waals surface area contributed by atoms with Crippen molar-refractivity contribution in [3.63, 3.8) is 0 Å². The van der Waals surface area contributed by atoms with Crippen LogP contribution in [0, 0.1) is 12.7 Å². The van der Waals surface area contributed by atoms with Crippen LogP contribution in [0.2, 0.25) is 0 Å². The largest absolute Gasteiger partial charge is 0.368 e. The fourth-order valence-electron chi connectivity index (χ4n) is 2.33. The smallest absolute Gasteiger partial charge is 0.123 e. The first-order chi connectivity index (χ1) is 9.99. The number of anilines is 1. The van der Waals surface area contributed by atoms with Crippen molar-refractivity contribution in [3.8, 4) is 0 Å². The molecule has 21 heavy (non-hydrogen) atoms. The minimum Gasteiger partial charge on any atom is -0.368 e. The molecule has 2 aromatic rings. The lowest BCUT2D eigenvalue weighted by molar-refractivity contribution is 0.613. The van der Waals surface area contributed by atoms with E-state index in [0.717, 1.165) is 28.4 Å². The van der Waals surface area contributed by atoms with Crippen LogP contribution >= 0.6 is 11.3 Å². The summed E-state index contributed by atoms with van der Waals surface area (Å²) in [6.45, 7) is 4.76. The molecule has 2 rings (SSSR count). The quantitative estimate of drug-likeness (QED) is 0.888. The zero-order valence-electron chi connectivity index (χ0n) is 12.8. The Morgan fingerprint density at radius 2 is 2.19 bits per heavy atom. The number of aromatic nitrogens is 1. The Hall–Kier alpha value is -1.46. The topological polar surface area (TPSA) is 42.1 Å². The third-order valence-corrected chi connectivity index (χ3v) is 4.35. The van der Waals surface area contributed by atoms with Gasteiger partial charge in [-0.2, -0.15) is 0 Å². The van der Waals surface area contributed by atoms with Crippen LogP contribution in [0.3, 0.4) is 0 Å². The number of hydrogen-bond donors (Lipinski definition) is 1. The van der Waals surface area contributed by atoms with Gasteiger partial charge in [0.05, 0.1) is 17.2 Å². The average Bonchev–Trinajstić information content (AvgIpc) is 2.84. The van der Waals surface area contributed by atoms with Gasteiger partial charge in [0.1, 0.15) is 5.82 Å². The molecular formula is C16H22FN3S. The van der Waals surface area contributed by atoms with E-state index in [2.05, 4.69) is 15.3 Å². The summed E-state index contributed by atoms with van der Waals surface area (Å²) in [7, 11) is 2.00. The average molecular weight is 307 g/mol. The van der Waals surface area contributed by atoms with Crippen molar-refractivity contribution in [2.75, 3.05) is 11.9 Å². The highest BCUT2D eigenvalue weighted by atomic mass is 32.1. The second-order valence-corrected chi connectivity index (χ2v) is 6.42. The number of benzene rings is 1. The highest BCUT2D eigenvalue weighted by Crippen LogP contribution is 2.24. The molecule has 0 aliphatic heterocycles. The standard InChI is InChI=1S/C16H22FN3S/c1-4-14(18)8-12-7-13(17)5-6-16(12)20(3)9-15-10-21-11(2)19-15/h5-7,10,14H,4,8-9,18H2,1-3H3. The molecule has 3 nitrogen and oxygen atoms in total. The van der Waals surface area contributed by atoms with Crippen LogP contribution in [0.15, 0.2) is 23.6 Å². The van der Waals surface area contributed by atoms with E-state index in [9.17, 15) is 4.39 Å². The Labute approximate surface area is 129 Å². The maximum absolute atomic E-state index is 13.5. The van der Waals surface area contributed by atoms with E-state index in [1.165, 1.54) is 6.07 Å². The summed E-state index contributed by atoms with van der Waals surface area (Å²) < 4.78 is 13.5. The van der Waals surface area contributed by atoms with Crippen molar-refractivity contribution in [2.45, 2.75) is 39.3 Å². The van der Waals surface area contributed by atoms with E-state index in [-0.39, 0.29) is 11.9 Å². The zero-order chi connectivity index (χ0) is 15.4. The minimum absolute atomic E-state index is 0.0560. The van der Waals surface area contributed by atoms with Crippen LogP contribution in [0.25, 0.3) is 0 Å². The molecule has 0 spiro atoms. The van der Waals surface area contributed by atoms with Crippen molar-refractivity contribution < 1.29 is 4.39 Å². The predicted molar refractivity (Wildman–Crippen MR) is 87.3 cm³/mol. The molecule has 0 aliphatic carbocycles. The van der Waals surface area contributed by atoms with E-state index in [1.54, 1.807) is 17.4 Å². The van der Waals surface area contributed by atoms with Gasteiger partial charge in [0, 0.05) is 24.2 Å². The lowest BCUT2D eigenvalue weighted by Crippen LogP contribution is -2.24. The summed E-state index contributed by atoms with van der Waals surface area (Å²) in [5.74, 6) is -0.213. The number of aryl methyl sites for hydroxylation is 1. The Bertz CT molecular complexity index is 597. The second-order valence-electron chi connectivity index (χ2n) is 5.36. The summed E-state index contributed by atoms with van der Waals surface area (Å²) in [5, 5.41) is 3.12. The Morgan fingerprint density at radius 3 is 2.81 bits per heavy atom. The maximum atomic E-state index is 13.5. The summed E-state index contributed by atoms with van der Waals surface area (Å²) in [6, 6.07) is 4.97. The van der Waals surface area contributed by atoms with Gasteiger partial charge in [-0.3, -0.25) is 0 Å². The molecule has 1 unspecified atom stereocenters. The Morgan fingerprint density at radius 1 is 1.43 bits per heavy atom. The van der Waals surface area contributed by atoms with Crippen LogP contribution in [-0.4, -0.2) is 18.1 Å². The van der Waals surface area contributed by atoms with Crippen molar-refractivity contribution >= 4 is 17.0 Å². The second kappa shape index (κ2) is 7.00. The van der Waals surface area contributed by atoms with Crippen LogP contribution in [0.4, 0.5) is 10.1 Å². The SMILES string of the molecule is CCC(N)Cc1cc(F)ccc1N(C)Cc1csc(C)n1. The molecule has 1 aromatic carbocycles. The normalized spacial score (nSPS) is 12.4. The molecule has 0 aliphatic rings. The summed E-state index contributed by atoms with van der Waals surface area (Å²) in [5.41, 5.74) is 9.04. The summed E-state index contributed by atoms with van der Waals surface area (Å²) >= 11 is 1.64. The van der Waals surface area contributed by atoms with E-state index < -0.39 is 0 Å². The molecule has 0 saturated carbocycles. The van der Waals surface area contributed by atoms with Crippen LogP contribution in [0.5, 0.6) is 0 Å². The fourth-order valence-corrected chi connectivity index (χ4v) is 2.93. The van der Waals surface area contributed by atoms with Crippen molar-refractivity contribution in [1.82, 2.24) is 4.98 Å². The lowest BCUT2D eigenvalue weighted by Gasteiger charge is -2.23. The van der Waals surface area contributed by atoms with Gasteiger partial charge in [-0.05, 0) is 43.5 Å². The molecule has 114 valence electrons. The summed E-state index contributed by atoms with van der Waals surface area (Å²) in [6.07, 6.45) is 1.56. The van der Waals surface area contributed by atoms with E-state index in [1.807, 2.05) is 27.0 Å². The number of hydrogen-bond acceptors (Lipinski definition) is 4. The van der Waals surface area contributed by atoms with Crippen molar-refractivity contribution in [3.05, 3.63) is 45.7 Å². The maximum Gasteiger partial charge on any atom is 0.123 e. The van der Waals surface area contributed by atoms with Gasteiger partial charge in [-0.1, -0.05) is 6.92 Å². The number of nitrogens with two attached hydrogens (primary N) is 1. The molecule has 0 saturated heterocycles. The predicted octanol–water partition coefficient (Wildman–Crippen LogP) is 3.51. The van der Waals surface area contributed by atoms with Gasteiger partial charge < -0.3 is 10.6 Å². The van der Waals surface area contributed by atoms with Crippen molar-refractivity contribution in [1.29, 1.82) is 0 Å². The highest BCUT2D eigenvalue weighted by molar-refractivity contribution is 7.09. The highest BCUT2D eigenvalue weighted by Gasteiger charge is 2.13. The molecule has 5 heteroatoms. The van der Waals surface area contributed by atoms with Crippen LogP contribution in [0.1, 0.15) is 29.6 Å². The molecule has 0 amide bonds. The minimum atomic E-state index is -0.213. The first-order valence-corrected chi connectivity index (χ1v) is 8.03. The molecule has 1 atom stereocenters. The van der Waals surface area contributed by atoms with E-state index in [0.29, 0.717) is 13.0 Å². The van der Waals surface area contributed by atoms with Gasteiger partial charge in [0.25, 0.3) is 0 Å². The molecular weight excluding hydrogens is 285 g/mol. The zero-order valence-corrected chi connectivity index (χ0v) is 13.6. The molecule has 0 radical (unpaired) electrons. The molecule has 1 heterocycles. The first-order valence-electron chi connectivity index (χ1n) is 7.15. The Kier molecular flexibility index (Phi) is 5.31. The van der Waals surface area contributed by atoms with E-state index in [4.69, 9.17) is 5.73 Å². The molecule has 1 aromatic heterocycles. The van der Waals surface area contributed by atoms with E-state index >= 15 is 0 Å². The van der Waals surface area contributed by atoms with Gasteiger partial charge in [0.2, 0.25) is 0 Å². The number of rotatable bonds is 6.